The maximum atomic E-state index is 11.9. The monoisotopic (exact) mass is 289 g/mol. The van der Waals surface area contributed by atoms with Crippen LogP contribution in [-0.2, 0) is 9.84 Å². The van der Waals surface area contributed by atoms with Crippen LogP contribution < -0.4 is 0 Å². The number of halogens is 1. The SMILES string of the molecule is CN(CCS(C)(=O)=O)CC(=O)c1ccccc1Cl. The van der Waals surface area contributed by atoms with Crippen LogP contribution in [0.25, 0.3) is 0 Å². The second kappa shape index (κ2) is 6.31. The van der Waals surface area contributed by atoms with Crippen molar-refractivity contribution in [2.45, 2.75) is 0 Å². The summed E-state index contributed by atoms with van der Waals surface area (Å²) in [5.74, 6) is -0.0733. The van der Waals surface area contributed by atoms with Crippen molar-refractivity contribution < 1.29 is 13.2 Å². The third-order valence-electron chi connectivity index (χ3n) is 2.43. The highest BCUT2D eigenvalue weighted by Gasteiger charge is 2.13. The standard InChI is InChI=1S/C12H16ClNO3S/c1-14(7-8-18(2,16)17)9-12(15)10-5-3-4-6-11(10)13/h3-6H,7-9H2,1-2H3. The van der Waals surface area contributed by atoms with E-state index < -0.39 is 9.84 Å². The minimum Gasteiger partial charge on any atom is -0.298 e. The number of ketones is 1. The molecule has 1 aromatic carbocycles. The minimum atomic E-state index is -3.01. The van der Waals surface area contributed by atoms with Crippen LogP contribution in [0.2, 0.25) is 5.02 Å². The molecule has 0 heterocycles. The second-order valence-corrected chi connectivity index (χ2v) is 6.94. The summed E-state index contributed by atoms with van der Waals surface area (Å²) in [6, 6.07) is 6.82. The number of likely N-dealkylation sites (N-methyl/N-ethyl adjacent to an activating group) is 1. The summed E-state index contributed by atoms with van der Waals surface area (Å²) in [6.45, 7) is 0.480. The minimum absolute atomic E-state index is 0.0410. The molecular weight excluding hydrogens is 274 g/mol. The molecule has 0 spiro atoms. The molecule has 18 heavy (non-hydrogen) atoms. The van der Waals surface area contributed by atoms with E-state index in [9.17, 15) is 13.2 Å². The van der Waals surface area contributed by atoms with Gasteiger partial charge in [-0.25, -0.2) is 8.42 Å². The Balaban J connectivity index is 2.58. The van der Waals surface area contributed by atoms with E-state index in [4.69, 9.17) is 11.6 Å². The van der Waals surface area contributed by atoms with Crippen molar-refractivity contribution in [1.82, 2.24) is 4.90 Å². The average molecular weight is 290 g/mol. The first-order valence-electron chi connectivity index (χ1n) is 5.43. The summed E-state index contributed by atoms with van der Waals surface area (Å²) in [5.41, 5.74) is 0.463. The molecule has 0 N–H and O–H groups in total. The normalized spacial score (nSPS) is 11.8. The maximum Gasteiger partial charge on any atom is 0.178 e. The van der Waals surface area contributed by atoms with Gasteiger partial charge in [0.1, 0.15) is 9.84 Å². The Morgan fingerprint density at radius 3 is 2.50 bits per heavy atom. The number of carbonyl (C=O) groups excluding carboxylic acids is 1. The molecule has 0 fully saturated rings. The Morgan fingerprint density at radius 1 is 1.33 bits per heavy atom. The molecule has 0 aliphatic rings. The average Bonchev–Trinajstić information content (AvgIpc) is 2.26. The van der Waals surface area contributed by atoms with E-state index in [1.807, 2.05) is 0 Å². The van der Waals surface area contributed by atoms with Crippen LogP contribution in [0.15, 0.2) is 24.3 Å². The fourth-order valence-corrected chi connectivity index (χ4v) is 2.30. The van der Waals surface area contributed by atoms with Crippen molar-refractivity contribution in [3.8, 4) is 0 Å². The van der Waals surface area contributed by atoms with Gasteiger partial charge >= 0.3 is 0 Å². The van der Waals surface area contributed by atoms with Crippen LogP contribution in [0.4, 0.5) is 0 Å². The summed E-state index contributed by atoms with van der Waals surface area (Å²) < 4.78 is 22.0. The fraction of sp³-hybridized carbons (Fsp3) is 0.417. The van der Waals surface area contributed by atoms with Gasteiger partial charge in [-0.15, -0.1) is 0 Å². The van der Waals surface area contributed by atoms with Gasteiger partial charge in [0.15, 0.2) is 5.78 Å². The molecule has 0 bridgehead atoms. The topological polar surface area (TPSA) is 54.5 Å². The van der Waals surface area contributed by atoms with Gasteiger partial charge in [-0.3, -0.25) is 9.69 Å². The third-order valence-corrected chi connectivity index (χ3v) is 3.69. The summed E-state index contributed by atoms with van der Waals surface area (Å²) in [5, 5.41) is 0.416. The number of hydrogen-bond acceptors (Lipinski definition) is 4. The number of benzene rings is 1. The molecule has 0 aromatic heterocycles. The van der Waals surface area contributed by atoms with E-state index in [1.54, 1.807) is 36.2 Å². The zero-order valence-electron chi connectivity index (χ0n) is 10.4. The molecule has 1 rings (SSSR count). The third kappa shape index (κ3) is 5.16. The van der Waals surface area contributed by atoms with Gasteiger partial charge in [-0.2, -0.15) is 0 Å². The molecule has 100 valence electrons. The lowest BCUT2D eigenvalue weighted by atomic mass is 10.1. The Labute approximate surface area is 112 Å². The first-order valence-corrected chi connectivity index (χ1v) is 7.87. The highest BCUT2D eigenvalue weighted by Crippen LogP contribution is 2.15. The first-order chi connectivity index (χ1) is 8.29. The molecule has 0 amide bonds. The lowest BCUT2D eigenvalue weighted by Crippen LogP contribution is -2.30. The van der Waals surface area contributed by atoms with E-state index in [-0.39, 0.29) is 18.1 Å². The van der Waals surface area contributed by atoms with Crippen molar-refractivity contribution in [3.63, 3.8) is 0 Å². The van der Waals surface area contributed by atoms with Gasteiger partial charge in [-0.1, -0.05) is 23.7 Å². The van der Waals surface area contributed by atoms with Gasteiger partial charge in [0.2, 0.25) is 0 Å². The van der Waals surface area contributed by atoms with Crippen LogP contribution in [-0.4, -0.2) is 51.2 Å². The predicted octanol–water partition coefficient (Wildman–Crippen LogP) is 1.50. The number of carbonyl (C=O) groups is 1. The Morgan fingerprint density at radius 2 is 1.94 bits per heavy atom. The van der Waals surface area contributed by atoms with Crippen molar-refractivity contribution in [2.24, 2.45) is 0 Å². The summed E-state index contributed by atoms with van der Waals surface area (Å²) >= 11 is 5.92. The molecule has 0 unspecified atom stereocenters. The molecule has 1 aromatic rings. The lowest BCUT2D eigenvalue weighted by Gasteiger charge is -2.15. The molecule has 0 radical (unpaired) electrons. The summed E-state index contributed by atoms with van der Waals surface area (Å²) in [4.78, 5) is 13.6. The maximum absolute atomic E-state index is 11.9. The van der Waals surface area contributed by atoms with Crippen molar-refractivity contribution in [3.05, 3.63) is 34.9 Å². The zero-order chi connectivity index (χ0) is 13.8. The van der Waals surface area contributed by atoms with Gasteiger partial charge in [0.25, 0.3) is 0 Å². The lowest BCUT2D eigenvalue weighted by molar-refractivity contribution is 0.0949. The van der Waals surface area contributed by atoms with Gasteiger partial charge in [0.05, 0.1) is 17.3 Å². The van der Waals surface area contributed by atoms with Crippen molar-refractivity contribution in [1.29, 1.82) is 0 Å². The predicted molar refractivity (Wildman–Crippen MR) is 73.0 cm³/mol. The second-order valence-electron chi connectivity index (χ2n) is 4.27. The largest absolute Gasteiger partial charge is 0.298 e. The summed E-state index contributed by atoms with van der Waals surface area (Å²) in [7, 11) is -1.30. The Bertz CT molecular complexity index is 528. The molecule has 0 saturated heterocycles. The van der Waals surface area contributed by atoms with E-state index >= 15 is 0 Å². The number of hydrogen-bond donors (Lipinski definition) is 0. The van der Waals surface area contributed by atoms with E-state index in [1.165, 1.54) is 6.26 Å². The van der Waals surface area contributed by atoms with Gasteiger partial charge in [0, 0.05) is 18.4 Å². The highest BCUT2D eigenvalue weighted by molar-refractivity contribution is 7.90. The van der Waals surface area contributed by atoms with E-state index in [2.05, 4.69) is 0 Å². The van der Waals surface area contributed by atoms with Crippen LogP contribution in [0, 0.1) is 0 Å². The molecule has 0 saturated carbocycles. The molecule has 0 atom stereocenters. The molecular formula is C12H16ClNO3S. The number of nitrogens with zero attached hydrogens (tertiary/aromatic N) is 1. The van der Waals surface area contributed by atoms with Crippen LogP contribution >= 0.6 is 11.6 Å². The Kier molecular flexibility index (Phi) is 5.31. The summed E-state index contributed by atoms with van der Waals surface area (Å²) in [6.07, 6.45) is 1.18. The van der Waals surface area contributed by atoms with E-state index in [0.29, 0.717) is 17.1 Å². The first kappa shape index (κ1) is 15.1. The number of Topliss-reactive ketones (excluding diaryl/α,β-unsaturated/α-hetero) is 1. The van der Waals surface area contributed by atoms with Crippen LogP contribution in [0.5, 0.6) is 0 Å². The molecule has 0 aliphatic carbocycles. The van der Waals surface area contributed by atoms with Crippen molar-refractivity contribution in [2.75, 3.05) is 32.1 Å². The smallest absolute Gasteiger partial charge is 0.178 e. The number of sulfone groups is 1. The fourth-order valence-electron chi connectivity index (χ4n) is 1.42. The van der Waals surface area contributed by atoms with Crippen molar-refractivity contribution >= 4 is 27.2 Å². The van der Waals surface area contributed by atoms with Crippen LogP contribution in [0.3, 0.4) is 0 Å². The molecule has 0 aliphatic heterocycles. The number of rotatable bonds is 6. The molecule has 4 nitrogen and oxygen atoms in total. The van der Waals surface area contributed by atoms with Gasteiger partial charge < -0.3 is 0 Å². The molecule has 6 heteroatoms. The highest BCUT2D eigenvalue weighted by atomic mass is 35.5. The van der Waals surface area contributed by atoms with Gasteiger partial charge in [-0.05, 0) is 19.2 Å². The zero-order valence-corrected chi connectivity index (χ0v) is 12.0. The quantitative estimate of drug-likeness (QED) is 0.745. The van der Waals surface area contributed by atoms with E-state index in [0.717, 1.165) is 0 Å². The Hall–Kier alpha value is -0.910. The van der Waals surface area contributed by atoms with Crippen LogP contribution in [0.1, 0.15) is 10.4 Å².